The maximum absolute atomic E-state index is 11.9. The largest absolute Gasteiger partial charge is 0.478 e. The van der Waals surface area contributed by atoms with Crippen molar-refractivity contribution in [3.63, 3.8) is 0 Å². The molecule has 4 nitrogen and oxygen atoms in total. The van der Waals surface area contributed by atoms with Crippen LogP contribution in [0.1, 0.15) is 101 Å². The third kappa shape index (κ3) is 4.50. The molecule has 0 aromatic heterocycles. The molecule has 4 aliphatic carbocycles. The Kier molecular flexibility index (Phi) is 7.39. The first-order valence-corrected chi connectivity index (χ1v) is 15.0. The Balaban J connectivity index is 1.31. The molecule has 3 N–H and O–H groups in total. The van der Waals surface area contributed by atoms with Crippen LogP contribution in [0.2, 0.25) is 0 Å². The average molecular weight is 509 g/mol. The highest BCUT2D eigenvalue weighted by atomic mass is 16.4. The van der Waals surface area contributed by atoms with Crippen molar-refractivity contribution < 1.29 is 20.1 Å². The summed E-state index contributed by atoms with van der Waals surface area (Å²) in [5.74, 6) is 2.72. The predicted molar refractivity (Wildman–Crippen MR) is 148 cm³/mol. The molecule has 204 valence electrons. The van der Waals surface area contributed by atoms with Crippen LogP contribution in [0, 0.1) is 52.3 Å². The number of fused-ring (bicyclic) bond motifs is 5. The highest BCUT2D eigenvalue weighted by molar-refractivity contribution is 5.87. The Bertz CT molecular complexity index is 1000. The van der Waals surface area contributed by atoms with E-state index in [-0.39, 0.29) is 23.0 Å². The Morgan fingerprint density at radius 1 is 1.00 bits per heavy atom. The molecule has 37 heavy (non-hydrogen) atoms. The minimum Gasteiger partial charge on any atom is -0.478 e. The van der Waals surface area contributed by atoms with Gasteiger partial charge in [0.05, 0.1) is 17.8 Å². The van der Waals surface area contributed by atoms with Crippen molar-refractivity contribution in [1.29, 1.82) is 0 Å². The van der Waals surface area contributed by atoms with Crippen LogP contribution in [0.25, 0.3) is 6.08 Å². The van der Waals surface area contributed by atoms with E-state index in [0.29, 0.717) is 47.0 Å². The van der Waals surface area contributed by atoms with Crippen molar-refractivity contribution in [3.05, 3.63) is 41.5 Å². The zero-order valence-corrected chi connectivity index (χ0v) is 23.3. The van der Waals surface area contributed by atoms with E-state index in [1.54, 1.807) is 12.1 Å². The number of carboxylic acids is 1. The van der Waals surface area contributed by atoms with E-state index in [1.807, 2.05) is 12.1 Å². The van der Waals surface area contributed by atoms with E-state index in [1.165, 1.54) is 25.7 Å². The molecule has 11 atom stereocenters. The Morgan fingerprint density at radius 2 is 1.68 bits per heavy atom. The van der Waals surface area contributed by atoms with Gasteiger partial charge in [0.1, 0.15) is 0 Å². The lowest BCUT2D eigenvalue weighted by molar-refractivity contribution is -0.203. The van der Waals surface area contributed by atoms with Crippen molar-refractivity contribution in [1.82, 2.24) is 0 Å². The van der Waals surface area contributed by atoms with Gasteiger partial charge in [-0.15, -0.1) is 0 Å². The van der Waals surface area contributed by atoms with Gasteiger partial charge in [0, 0.05) is 0 Å². The number of aliphatic hydroxyl groups is 2. The molecule has 4 saturated carbocycles. The van der Waals surface area contributed by atoms with Crippen LogP contribution in [0.15, 0.2) is 30.3 Å². The molecule has 0 aliphatic heterocycles. The highest BCUT2D eigenvalue weighted by Gasteiger charge is 2.64. The maximum Gasteiger partial charge on any atom is 0.335 e. The molecular weight excluding hydrogens is 460 g/mol. The van der Waals surface area contributed by atoms with Crippen molar-refractivity contribution in [2.24, 2.45) is 52.3 Å². The molecule has 4 fully saturated rings. The van der Waals surface area contributed by atoms with Gasteiger partial charge in [-0.1, -0.05) is 58.4 Å². The van der Waals surface area contributed by atoms with Crippen molar-refractivity contribution in [3.8, 4) is 0 Å². The zero-order chi connectivity index (χ0) is 26.5. The van der Waals surface area contributed by atoms with Gasteiger partial charge in [-0.25, -0.2) is 4.79 Å². The quantitative estimate of drug-likeness (QED) is 0.385. The van der Waals surface area contributed by atoms with E-state index < -0.39 is 5.97 Å². The van der Waals surface area contributed by atoms with Crippen LogP contribution in [0.5, 0.6) is 0 Å². The van der Waals surface area contributed by atoms with Crippen LogP contribution in [0.4, 0.5) is 0 Å². The summed E-state index contributed by atoms with van der Waals surface area (Å²) in [6, 6.07) is 7.10. The summed E-state index contributed by atoms with van der Waals surface area (Å²) >= 11 is 0. The molecule has 0 unspecified atom stereocenters. The van der Waals surface area contributed by atoms with Crippen LogP contribution < -0.4 is 0 Å². The molecule has 4 aliphatic rings. The summed E-state index contributed by atoms with van der Waals surface area (Å²) in [5, 5.41) is 31.5. The zero-order valence-electron chi connectivity index (χ0n) is 23.3. The molecule has 1 aromatic rings. The molecule has 0 saturated heterocycles. The fourth-order valence-electron chi connectivity index (χ4n) is 10.3. The molecule has 0 heterocycles. The molecule has 0 amide bonds. The van der Waals surface area contributed by atoms with Crippen LogP contribution >= 0.6 is 0 Å². The van der Waals surface area contributed by atoms with Crippen molar-refractivity contribution in [2.45, 2.75) is 97.7 Å². The molecule has 4 heteroatoms. The van der Waals surface area contributed by atoms with Gasteiger partial charge < -0.3 is 15.3 Å². The minimum atomic E-state index is -0.887. The van der Waals surface area contributed by atoms with Gasteiger partial charge in [0.15, 0.2) is 0 Å². The standard InChI is InChI=1S/C33H48O4/c1-5-24-28-19-23(34)15-17-33(28,4)27-16-18-32(3)25(13-14-26(32)29(27)30(24)35)20(2)7-6-8-21-9-11-22(12-10-21)31(36)37/h6,8-12,20,23-30,34-35H,5,7,13-19H2,1-4H3,(H,36,37)/b8-6+/t20-,23-,24-,25-,26+,27+,28+,29+,30-,32-,33-/m1/s1. The molecule has 1 aromatic carbocycles. The number of allylic oxidation sites excluding steroid dienone is 1. The number of carboxylic acid groups (broad SMARTS) is 1. The topological polar surface area (TPSA) is 77.8 Å². The van der Waals surface area contributed by atoms with E-state index in [4.69, 9.17) is 5.11 Å². The second kappa shape index (κ2) is 10.2. The number of aliphatic hydroxyl groups excluding tert-OH is 2. The number of hydrogen-bond acceptors (Lipinski definition) is 3. The van der Waals surface area contributed by atoms with Gasteiger partial charge in [-0.3, -0.25) is 0 Å². The fraction of sp³-hybridized carbons (Fsp3) is 0.727. The van der Waals surface area contributed by atoms with Gasteiger partial charge in [0.2, 0.25) is 0 Å². The summed E-state index contributed by atoms with van der Waals surface area (Å²) in [6.45, 7) is 9.72. The summed E-state index contributed by atoms with van der Waals surface area (Å²) in [7, 11) is 0. The first-order valence-electron chi connectivity index (χ1n) is 15.0. The van der Waals surface area contributed by atoms with Crippen molar-refractivity contribution in [2.75, 3.05) is 0 Å². The van der Waals surface area contributed by atoms with E-state index in [9.17, 15) is 15.0 Å². The third-order valence-corrected chi connectivity index (χ3v) is 12.1. The van der Waals surface area contributed by atoms with Crippen molar-refractivity contribution >= 4 is 12.0 Å². The highest BCUT2D eigenvalue weighted by Crippen LogP contribution is 2.69. The fourth-order valence-corrected chi connectivity index (χ4v) is 10.3. The normalized spacial score (nSPS) is 44.2. The number of aromatic carboxylic acids is 1. The van der Waals surface area contributed by atoms with E-state index >= 15 is 0 Å². The second-order valence-corrected chi connectivity index (χ2v) is 13.7. The summed E-state index contributed by atoms with van der Waals surface area (Å²) in [5.41, 5.74) is 1.91. The van der Waals surface area contributed by atoms with Gasteiger partial charge in [-0.05, 0) is 121 Å². The molecular formula is C33H48O4. The van der Waals surface area contributed by atoms with Gasteiger partial charge in [-0.2, -0.15) is 0 Å². The average Bonchev–Trinajstić information content (AvgIpc) is 3.23. The van der Waals surface area contributed by atoms with Gasteiger partial charge >= 0.3 is 5.97 Å². The lowest BCUT2D eigenvalue weighted by atomic mass is 9.41. The number of benzene rings is 1. The van der Waals surface area contributed by atoms with Crippen LogP contribution in [-0.2, 0) is 0 Å². The third-order valence-electron chi connectivity index (χ3n) is 12.1. The monoisotopic (exact) mass is 508 g/mol. The first kappa shape index (κ1) is 26.9. The summed E-state index contributed by atoms with van der Waals surface area (Å²) in [4.78, 5) is 11.1. The summed E-state index contributed by atoms with van der Waals surface area (Å²) in [6.07, 6.45) is 13.9. The predicted octanol–water partition coefficient (Wildman–Crippen LogP) is 7.05. The number of carbonyl (C=O) groups is 1. The van der Waals surface area contributed by atoms with Crippen LogP contribution in [-0.4, -0.2) is 33.5 Å². The lowest BCUT2D eigenvalue weighted by Gasteiger charge is -2.64. The smallest absolute Gasteiger partial charge is 0.335 e. The number of hydrogen-bond donors (Lipinski definition) is 3. The second-order valence-electron chi connectivity index (χ2n) is 13.7. The Hall–Kier alpha value is -1.65. The number of rotatable bonds is 6. The summed E-state index contributed by atoms with van der Waals surface area (Å²) < 4.78 is 0. The van der Waals surface area contributed by atoms with Gasteiger partial charge in [0.25, 0.3) is 0 Å². The van der Waals surface area contributed by atoms with Crippen LogP contribution in [0.3, 0.4) is 0 Å². The van der Waals surface area contributed by atoms with E-state index in [2.05, 4.69) is 39.8 Å². The van der Waals surface area contributed by atoms with E-state index in [0.717, 1.165) is 37.7 Å². The molecule has 0 radical (unpaired) electrons. The molecule has 5 rings (SSSR count). The maximum atomic E-state index is 11.9. The SMILES string of the molecule is CC[C@H]1[C@@H](O)[C@@H]2[C@H](CC[C@]3(C)[C@@H]([C@H](C)C/C=C/c4ccc(C(=O)O)cc4)CC[C@@H]23)[C@@]2(C)CC[C@@H](O)C[C@@H]12. The Morgan fingerprint density at radius 3 is 2.35 bits per heavy atom. The first-order chi connectivity index (χ1) is 17.6. The Labute approximate surface area is 223 Å². The molecule has 0 spiro atoms. The molecule has 0 bridgehead atoms. The minimum absolute atomic E-state index is 0.190. The lowest BCUT2D eigenvalue weighted by Crippen LogP contribution is -2.62.